The molecule has 7 nitrogen and oxygen atoms in total. The van der Waals surface area contributed by atoms with Crippen LogP contribution in [0.3, 0.4) is 0 Å². The molecule has 0 spiro atoms. The number of amides is 1. The van der Waals surface area contributed by atoms with Crippen LogP contribution in [0, 0.1) is 10.1 Å². The predicted molar refractivity (Wildman–Crippen MR) is 100 cm³/mol. The zero-order valence-electron chi connectivity index (χ0n) is 15.1. The summed E-state index contributed by atoms with van der Waals surface area (Å²) in [6, 6.07) is 13.8. The van der Waals surface area contributed by atoms with E-state index in [2.05, 4.69) is 5.32 Å². The predicted octanol–water partition coefficient (Wildman–Crippen LogP) is 3.63. The van der Waals surface area contributed by atoms with E-state index in [1.165, 1.54) is 12.1 Å². The average molecular weight is 357 g/mol. The Morgan fingerprint density at radius 3 is 2.65 bits per heavy atom. The van der Waals surface area contributed by atoms with Crippen molar-refractivity contribution in [1.82, 2.24) is 4.90 Å². The van der Waals surface area contributed by atoms with Crippen LogP contribution in [0.5, 0.6) is 5.75 Å². The fraction of sp³-hybridized carbons (Fsp3) is 0.316. The number of para-hydroxylation sites is 2. The van der Waals surface area contributed by atoms with Crippen LogP contribution < -0.4 is 10.1 Å². The number of nitrogens with zero attached hydrogens (tertiary/aromatic N) is 2. The van der Waals surface area contributed by atoms with E-state index in [0.717, 1.165) is 11.3 Å². The molecule has 2 aromatic carbocycles. The summed E-state index contributed by atoms with van der Waals surface area (Å²) in [7, 11) is 1.61. The maximum Gasteiger partial charge on any atom is 0.292 e. The van der Waals surface area contributed by atoms with Crippen LogP contribution in [0.2, 0.25) is 0 Å². The molecule has 0 saturated heterocycles. The second kappa shape index (κ2) is 8.96. The summed E-state index contributed by atoms with van der Waals surface area (Å²) in [5.74, 6) is 0.464. The first-order chi connectivity index (χ1) is 12.5. The third-order valence-corrected chi connectivity index (χ3v) is 4.25. The minimum Gasteiger partial charge on any atom is -0.497 e. The summed E-state index contributed by atoms with van der Waals surface area (Å²) < 4.78 is 5.25. The Kier molecular flexibility index (Phi) is 6.68. The van der Waals surface area contributed by atoms with Crippen molar-refractivity contribution in [3.8, 4) is 5.75 Å². The lowest BCUT2D eigenvalue weighted by atomic mass is 10.1. The first-order valence-corrected chi connectivity index (χ1v) is 8.37. The van der Waals surface area contributed by atoms with Crippen molar-refractivity contribution < 1.29 is 14.5 Å². The molecule has 0 aliphatic heterocycles. The van der Waals surface area contributed by atoms with Crippen molar-refractivity contribution in [3.63, 3.8) is 0 Å². The number of carbonyl (C=O) groups is 1. The van der Waals surface area contributed by atoms with Gasteiger partial charge in [-0.25, -0.2) is 0 Å². The van der Waals surface area contributed by atoms with Crippen LogP contribution in [0.25, 0.3) is 0 Å². The highest BCUT2D eigenvalue weighted by Gasteiger charge is 2.20. The van der Waals surface area contributed by atoms with Gasteiger partial charge in [0.1, 0.15) is 11.4 Å². The topological polar surface area (TPSA) is 84.7 Å². The minimum absolute atomic E-state index is 0.00777. The molecule has 1 N–H and O–H groups in total. The van der Waals surface area contributed by atoms with E-state index in [9.17, 15) is 14.9 Å². The highest BCUT2D eigenvalue weighted by molar-refractivity contribution is 5.94. The van der Waals surface area contributed by atoms with Gasteiger partial charge >= 0.3 is 0 Å². The Balaban J connectivity index is 2.09. The molecule has 1 amide bonds. The number of nitro benzene ring substituents is 1. The lowest BCUT2D eigenvalue weighted by Gasteiger charge is -2.27. The summed E-state index contributed by atoms with van der Waals surface area (Å²) >= 11 is 0. The molecule has 26 heavy (non-hydrogen) atoms. The molecule has 7 heteroatoms. The summed E-state index contributed by atoms with van der Waals surface area (Å²) in [6.45, 7) is 4.76. The molecular formula is C19H23N3O4. The maximum absolute atomic E-state index is 12.4. The van der Waals surface area contributed by atoms with E-state index in [0.29, 0.717) is 6.54 Å². The van der Waals surface area contributed by atoms with Crippen LogP contribution in [0.1, 0.15) is 25.5 Å². The van der Waals surface area contributed by atoms with Crippen molar-refractivity contribution in [2.75, 3.05) is 25.5 Å². The number of methoxy groups -OCH3 is 1. The summed E-state index contributed by atoms with van der Waals surface area (Å²) in [5, 5.41) is 13.7. The van der Waals surface area contributed by atoms with E-state index >= 15 is 0 Å². The van der Waals surface area contributed by atoms with Crippen molar-refractivity contribution in [3.05, 3.63) is 64.2 Å². The molecule has 0 aliphatic rings. The van der Waals surface area contributed by atoms with E-state index in [1.54, 1.807) is 19.2 Å². The zero-order chi connectivity index (χ0) is 19.1. The number of nitrogens with one attached hydrogen (secondary N) is 1. The van der Waals surface area contributed by atoms with Crippen molar-refractivity contribution in [2.24, 2.45) is 0 Å². The average Bonchev–Trinajstić information content (AvgIpc) is 2.65. The maximum atomic E-state index is 12.4. The number of hydrogen-bond acceptors (Lipinski definition) is 5. The normalized spacial score (nSPS) is 11.8. The van der Waals surface area contributed by atoms with Crippen LogP contribution in [-0.2, 0) is 4.79 Å². The molecule has 2 aromatic rings. The fourth-order valence-corrected chi connectivity index (χ4v) is 2.75. The first-order valence-electron chi connectivity index (χ1n) is 8.37. The largest absolute Gasteiger partial charge is 0.497 e. The van der Waals surface area contributed by atoms with Crippen LogP contribution in [0.4, 0.5) is 11.4 Å². The monoisotopic (exact) mass is 357 g/mol. The number of nitro groups is 1. The Morgan fingerprint density at radius 1 is 1.27 bits per heavy atom. The van der Waals surface area contributed by atoms with E-state index in [1.807, 2.05) is 43.0 Å². The molecule has 138 valence electrons. The summed E-state index contributed by atoms with van der Waals surface area (Å²) in [4.78, 5) is 25.0. The molecule has 0 fully saturated rings. The van der Waals surface area contributed by atoms with Crippen LogP contribution in [-0.4, -0.2) is 35.9 Å². The van der Waals surface area contributed by atoms with E-state index in [4.69, 9.17) is 4.74 Å². The number of ether oxygens (including phenoxy) is 1. The number of likely N-dealkylation sites (N-methyl/N-ethyl adjacent to an activating group) is 1. The second-order valence-electron chi connectivity index (χ2n) is 5.84. The summed E-state index contributed by atoms with van der Waals surface area (Å²) in [5.41, 5.74) is 1.11. The highest BCUT2D eigenvalue weighted by Crippen LogP contribution is 2.25. The first kappa shape index (κ1) is 19.4. The summed E-state index contributed by atoms with van der Waals surface area (Å²) in [6.07, 6.45) is 0. The molecule has 0 aliphatic carbocycles. The Hall–Kier alpha value is -2.93. The van der Waals surface area contributed by atoms with E-state index in [-0.39, 0.29) is 29.9 Å². The standard InChI is InChI=1S/C19H23N3O4/c1-4-21(14(2)15-8-7-9-16(12-15)26-3)13-19(23)20-17-10-5-6-11-18(17)22(24)25/h5-12,14H,4,13H2,1-3H3,(H,20,23)/t14-/m1/s1. The molecule has 2 rings (SSSR count). The Bertz CT molecular complexity index is 779. The molecule has 0 aromatic heterocycles. The van der Waals surface area contributed by atoms with E-state index < -0.39 is 4.92 Å². The quantitative estimate of drug-likeness (QED) is 0.576. The van der Waals surface area contributed by atoms with Crippen molar-refractivity contribution in [2.45, 2.75) is 19.9 Å². The lowest BCUT2D eigenvalue weighted by Crippen LogP contribution is -2.35. The number of benzene rings is 2. The van der Waals surface area contributed by atoms with Gasteiger partial charge in [-0.1, -0.05) is 31.2 Å². The number of rotatable bonds is 8. The van der Waals surface area contributed by atoms with Gasteiger partial charge in [0.25, 0.3) is 5.69 Å². The number of anilines is 1. The molecule has 0 heterocycles. The highest BCUT2D eigenvalue weighted by atomic mass is 16.6. The molecular weight excluding hydrogens is 334 g/mol. The van der Waals surface area contributed by atoms with Crippen LogP contribution in [0.15, 0.2) is 48.5 Å². The van der Waals surface area contributed by atoms with Gasteiger partial charge in [-0.2, -0.15) is 0 Å². The Labute approximate surface area is 152 Å². The molecule has 0 saturated carbocycles. The fourth-order valence-electron chi connectivity index (χ4n) is 2.75. The van der Waals surface area contributed by atoms with Crippen LogP contribution >= 0.6 is 0 Å². The smallest absolute Gasteiger partial charge is 0.292 e. The van der Waals surface area contributed by atoms with Gasteiger partial charge in [0.15, 0.2) is 0 Å². The van der Waals surface area contributed by atoms with Gasteiger partial charge in [-0.05, 0) is 37.2 Å². The molecule has 0 unspecified atom stereocenters. The van der Waals surface area contributed by atoms with Crippen molar-refractivity contribution >= 4 is 17.3 Å². The lowest BCUT2D eigenvalue weighted by molar-refractivity contribution is -0.383. The van der Waals surface area contributed by atoms with Gasteiger partial charge in [-0.15, -0.1) is 0 Å². The minimum atomic E-state index is -0.508. The zero-order valence-corrected chi connectivity index (χ0v) is 15.1. The van der Waals surface area contributed by atoms with Gasteiger partial charge in [-0.3, -0.25) is 19.8 Å². The number of carbonyl (C=O) groups excluding carboxylic acids is 1. The molecule has 1 atom stereocenters. The van der Waals surface area contributed by atoms with Crippen molar-refractivity contribution in [1.29, 1.82) is 0 Å². The third-order valence-electron chi connectivity index (χ3n) is 4.25. The molecule has 0 bridgehead atoms. The SMILES string of the molecule is CCN(CC(=O)Nc1ccccc1[N+](=O)[O-])[C@H](C)c1cccc(OC)c1. The van der Waals surface area contributed by atoms with Gasteiger partial charge in [0.05, 0.1) is 18.6 Å². The van der Waals surface area contributed by atoms with Gasteiger partial charge < -0.3 is 10.1 Å². The molecule has 0 radical (unpaired) electrons. The second-order valence-corrected chi connectivity index (χ2v) is 5.84. The van der Waals surface area contributed by atoms with Gasteiger partial charge in [0, 0.05) is 12.1 Å². The van der Waals surface area contributed by atoms with Gasteiger partial charge in [0.2, 0.25) is 5.91 Å². The third kappa shape index (κ3) is 4.80. The number of hydrogen-bond donors (Lipinski definition) is 1. The Morgan fingerprint density at radius 2 is 2.00 bits per heavy atom.